The van der Waals surface area contributed by atoms with Gasteiger partial charge in [0.25, 0.3) is 0 Å². The first-order valence-corrected chi connectivity index (χ1v) is 7.04. The van der Waals surface area contributed by atoms with Crippen LogP contribution in [0, 0.1) is 5.41 Å². The summed E-state index contributed by atoms with van der Waals surface area (Å²) in [7, 11) is -1.73. The number of hydrogen-bond acceptors (Lipinski definition) is 3. The standard InChI is InChI=1S/C9H20ClNO3S/c1-9(2,4-5-10)8-11-15(12,13)7-6-14-3/h11H,4-8H2,1-3H3. The van der Waals surface area contributed by atoms with E-state index in [1.807, 2.05) is 13.8 Å². The third-order valence-corrected chi connectivity index (χ3v) is 3.58. The molecule has 4 nitrogen and oxygen atoms in total. The van der Waals surface area contributed by atoms with Crippen LogP contribution in [0.5, 0.6) is 0 Å². The van der Waals surface area contributed by atoms with Gasteiger partial charge in [-0.3, -0.25) is 0 Å². The summed E-state index contributed by atoms with van der Waals surface area (Å²) in [5.41, 5.74) is -0.109. The van der Waals surface area contributed by atoms with Crippen molar-refractivity contribution in [2.45, 2.75) is 20.3 Å². The van der Waals surface area contributed by atoms with Crippen molar-refractivity contribution in [2.24, 2.45) is 5.41 Å². The number of rotatable bonds is 8. The summed E-state index contributed by atoms with van der Waals surface area (Å²) in [5.74, 6) is 0.535. The largest absolute Gasteiger partial charge is 0.384 e. The van der Waals surface area contributed by atoms with Gasteiger partial charge >= 0.3 is 0 Å². The number of ether oxygens (including phenoxy) is 1. The normalized spacial score (nSPS) is 13.1. The third-order valence-electron chi connectivity index (χ3n) is 2.10. The zero-order valence-corrected chi connectivity index (χ0v) is 11.1. The molecule has 0 bridgehead atoms. The van der Waals surface area contributed by atoms with Crippen LogP contribution in [0.4, 0.5) is 0 Å². The molecule has 0 saturated carbocycles. The molecule has 0 atom stereocenters. The van der Waals surface area contributed by atoms with E-state index in [2.05, 4.69) is 4.72 Å². The van der Waals surface area contributed by atoms with Gasteiger partial charge in [0, 0.05) is 19.5 Å². The minimum Gasteiger partial charge on any atom is -0.384 e. The zero-order chi connectivity index (χ0) is 11.9. The first-order chi connectivity index (χ1) is 6.83. The highest BCUT2D eigenvalue weighted by Gasteiger charge is 2.20. The fourth-order valence-corrected chi connectivity index (χ4v) is 2.57. The number of methoxy groups -OCH3 is 1. The molecule has 0 aromatic rings. The van der Waals surface area contributed by atoms with Crippen LogP contribution in [0.1, 0.15) is 20.3 Å². The first kappa shape index (κ1) is 15.2. The monoisotopic (exact) mass is 257 g/mol. The summed E-state index contributed by atoms with van der Waals surface area (Å²) in [4.78, 5) is 0. The van der Waals surface area contributed by atoms with Crippen molar-refractivity contribution in [3.63, 3.8) is 0 Å². The van der Waals surface area contributed by atoms with Crippen LogP contribution >= 0.6 is 11.6 Å². The lowest BCUT2D eigenvalue weighted by molar-refractivity contribution is 0.216. The van der Waals surface area contributed by atoms with E-state index in [4.69, 9.17) is 16.3 Å². The van der Waals surface area contributed by atoms with E-state index in [1.165, 1.54) is 7.11 Å². The maximum Gasteiger partial charge on any atom is 0.213 e. The van der Waals surface area contributed by atoms with Gasteiger partial charge in [0.2, 0.25) is 10.0 Å². The van der Waals surface area contributed by atoms with Crippen molar-refractivity contribution in [3.8, 4) is 0 Å². The zero-order valence-electron chi connectivity index (χ0n) is 9.55. The molecule has 0 aliphatic heterocycles. The van der Waals surface area contributed by atoms with Crippen LogP contribution in [0.2, 0.25) is 0 Å². The van der Waals surface area contributed by atoms with E-state index in [-0.39, 0.29) is 17.8 Å². The van der Waals surface area contributed by atoms with Gasteiger partial charge in [-0.1, -0.05) is 13.8 Å². The third kappa shape index (κ3) is 8.02. The average molecular weight is 258 g/mol. The average Bonchev–Trinajstić information content (AvgIpc) is 2.12. The van der Waals surface area contributed by atoms with Gasteiger partial charge in [-0.15, -0.1) is 11.6 Å². The molecular formula is C9H20ClNO3S. The minimum atomic E-state index is -3.21. The Balaban J connectivity index is 4.02. The number of hydrogen-bond donors (Lipinski definition) is 1. The maximum atomic E-state index is 11.4. The van der Waals surface area contributed by atoms with Crippen molar-refractivity contribution < 1.29 is 13.2 Å². The number of halogens is 1. The quantitative estimate of drug-likeness (QED) is 0.665. The second-order valence-electron chi connectivity index (χ2n) is 4.24. The lowest BCUT2D eigenvalue weighted by Gasteiger charge is -2.23. The summed E-state index contributed by atoms with van der Waals surface area (Å²) in [6.45, 7) is 4.58. The molecule has 15 heavy (non-hydrogen) atoms. The molecule has 0 fully saturated rings. The van der Waals surface area contributed by atoms with Gasteiger partial charge in [-0.2, -0.15) is 0 Å². The van der Waals surface area contributed by atoms with Gasteiger partial charge in [0.15, 0.2) is 0 Å². The minimum absolute atomic E-state index is 0.000451. The van der Waals surface area contributed by atoms with E-state index in [9.17, 15) is 8.42 Å². The van der Waals surface area contributed by atoms with Crippen LogP contribution in [-0.4, -0.2) is 40.3 Å². The molecule has 0 aliphatic rings. The summed E-state index contributed by atoms with van der Waals surface area (Å²) >= 11 is 5.62. The topological polar surface area (TPSA) is 55.4 Å². The van der Waals surface area contributed by atoms with Gasteiger partial charge < -0.3 is 4.74 Å². The molecular weight excluding hydrogens is 238 g/mol. The number of nitrogens with one attached hydrogen (secondary N) is 1. The molecule has 0 aromatic heterocycles. The fourth-order valence-electron chi connectivity index (χ4n) is 0.915. The Morgan fingerprint density at radius 3 is 2.47 bits per heavy atom. The highest BCUT2D eigenvalue weighted by atomic mass is 35.5. The van der Waals surface area contributed by atoms with E-state index in [1.54, 1.807) is 0 Å². The Morgan fingerprint density at radius 2 is 2.00 bits per heavy atom. The first-order valence-electron chi connectivity index (χ1n) is 4.85. The Bertz CT molecular complexity index is 265. The molecule has 0 aromatic carbocycles. The lowest BCUT2D eigenvalue weighted by Crippen LogP contribution is -2.36. The summed E-state index contributed by atoms with van der Waals surface area (Å²) < 4.78 is 30.1. The van der Waals surface area contributed by atoms with Gasteiger partial charge in [0.1, 0.15) is 0 Å². The lowest BCUT2D eigenvalue weighted by atomic mass is 9.91. The molecule has 0 aliphatic carbocycles. The van der Waals surface area contributed by atoms with E-state index in [0.717, 1.165) is 6.42 Å². The van der Waals surface area contributed by atoms with E-state index >= 15 is 0 Å². The van der Waals surface area contributed by atoms with Crippen molar-refractivity contribution in [2.75, 3.05) is 31.9 Å². The SMILES string of the molecule is COCCS(=O)(=O)NCC(C)(C)CCCl. The fraction of sp³-hybridized carbons (Fsp3) is 1.00. The van der Waals surface area contributed by atoms with Crippen molar-refractivity contribution in [1.29, 1.82) is 0 Å². The molecule has 0 heterocycles. The van der Waals surface area contributed by atoms with Gasteiger partial charge in [-0.05, 0) is 11.8 Å². The summed E-state index contributed by atoms with van der Waals surface area (Å²) in [6, 6.07) is 0. The second-order valence-corrected chi connectivity index (χ2v) is 6.54. The molecule has 0 saturated heterocycles. The Hall–Kier alpha value is 0.160. The predicted molar refractivity (Wildman–Crippen MR) is 62.8 cm³/mol. The van der Waals surface area contributed by atoms with Crippen LogP contribution in [-0.2, 0) is 14.8 Å². The highest BCUT2D eigenvalue weighted by molar-refractivity contribution is 7.89. The number of sulfonamides is 1. The Kier molecular flexibility index (Phi) is 6.75. The van der Waals surface area contributed by atoms with E-state index in [0.29, 0.717) is 12.4 Å². The van der Waals surface area contributed by atoms with Crippen LogP contribution in [0.3, 0.4) is 0 Å². The molecule has 0 spiro atoms. The van der Waals surface area contributed by atoms with Crippen LogP contribution < -0.4 is 4.72 Å². The smallest absolute Gasteiger partial charge is 0.213 e. The van der Waals surface area contributed by atoms with Crippen molar-refractivity contribution in [1.82, 2.24) is 4.72 Å². The molecule has 0 unspecified atom stereocenters. The maximum absolute atomic E-state index is 11.4. The Labute approximate surface area is 97.4 Å². The van der Waals surface area contributed by atoms with Gasteiger partial charge in [0.05, 0.1) is 12.4 Å². The molecule has 6 heteroatoms. The van der Waals surface area contributed by atoms with Crippen molar-refractivity contribution >= 4 is 21.6 Å². The van der Waals surface area contributed by atoms with Crippen LogP contribution in [0.25, 0.3) is 0 Å². The molecule has 0 rings (SSSR count). The molecule has 0 amide bonds. The van der Waals surface area contributed by atoms with E-state index < -0.39 is 10.0 Å². The van der Waals surface area contributed by atoms with Gasteiger partial charge in [-0.25, -0.2) is 13.1 Å². The summed E-state index contributed by atoms with van der Waals surface area (Å²) in [6.07, 6.45) is 0.779. The van der Waals surface area contributed by atoms with Crippen LogP contribution in [0.15, 0.2) is 0 Å². The molecule has 1 N–H and O–H groups in total. The van der Waals surface area contributed by atoms with Crippen molar-refractivity contribution in [3.05, 3.63) is 0 Å². The predicted octanol–water partition coefficient (Wildman–Crippen LogP) is 1.21. The summed E-state index contributed by atoms with van der Waals surface area (Å²) in [5, 5.41) is 0. The molecule has 92 valence electrons. The molecule has 0 radical (unpaired) electrons. The highest BCUT2D eigenvalue weighted by Crippen LogP contribution is 2.19. The Morgan fingerprint density at radius 1 is 1.40 bits per heavy atom. The number of alkyl halides is 1. The second kappa shape index (κ2) is 6.68.